The maximum Gasteiger partial charge on any atom is 0.257 e. The molecule has 0 aliphatic heterocycles. The highest BCUT2D eigenvalue weighted by atomic mass is 79.9. The molecular weight excluding hydrogens is 335 g/mol. The van der Waals surface area contributed by atoms with Crippen LogP contribution in [-0.4, -0.2) is 4.98 Å². The fraction of sp³-hybridized carbons (Fsp3) is 0.0625. The Bertz CT molecular complexity index is 860. The molecule has 0 saturated heterocycles. The molecule has 0 aliphatic rings. The molecule has 5 heteroatoms. The first-order valence-corrected chi connectivity index (χ1v) is 7.22. The highest BCUT2D eigenvalue weighted by molar-refractivity contribution is 9.10. The Kier molecular flexibility index (Phi) is 3.75. The Hall–Kier alpha value is -2.14. The van der Waals surface area contributed by atoms with Gasteiger partial charge in [0.05, 0.1) is 0 Å². The third-order valence-electron chi connectivity index (χ3n) is 3.23. The lowest BCUT2D eigenvalue weighted by atomic mass is 10.1. The average Bonchev–Trinajstić information content (AvgIpc) is 2.48. The molecule has 3 rings (SSSR count). The van der Waals surface area contributed by atoms with Crippen LogP contribution < -0.4 is 10.9 Å². The second-order valence-corrected chi connectivity index (χ2v) is 5.60. The topological polar surface area (TPSA) is 44.9 Å². The molecule has 0 aliphatic carbocycles. The van der Waals surface area contributed by atoms with E-state index in [0.29, 0.717) is 23.3 Å². The monoisotopic (exact) mass is 346 g/mol. The van der Waals surface area contributed by atoms with E-state index in [9.17, 15) is 9.18 Å². The first-order valence-electron chi connectivity index (χ1n) is 6.43. The molecule has 0 radical (unpaired) electrons. The van der Waals surface area contributed by atoms with Gasteiger partial charge >= 0.3 is 0 Å². The average molecular weight is 347 g/mol. The molecule has 0 bridgehead atoms. The lowest BCUT2D eigenvalue weighted by Crippen LogP contribution is -2.11. The third-order valence-corrected chi connectivity index (χ3v) is 3.72. The summed E-state index contributed by atoms with van der Waals surface area (Å²) in [4.78, 5) is 14.7. The Balaban J connectivity index is 1.88. The van der Waals surface area contributed by atoms with Crippen molar-refractivity contribution >= 4 is 32.5 Å². The van der Waals surface area contributed by atoms with Crippen molar-refractivity contribution in [3.05, 3.63) is 74.7 Å². The lowest BCUT2D eigenvalue weighted by molar-refractivity contribution is 0.612. The second-order valence-electron chi connectivity index (χ2n) is 4.69. The molecular formula is C16H12BrFN2O. The number of hydrogen-bond acceptors (Lipinski definition) is 2. The number of anilines is 1. The Labute approximate surface area is 128 Å². The molecule has 1 aromatic heterocycles. The number of rotatable bonds is 3. The zero-order valence-electron chi connectivity index (χ0n) is 11.0. The zero-order valence-corrected chi connectivity index (χ0v) is 12.6. The van der Waals surface area contributed by atoms with Crippen LogP contribution in [0, 0.1) is 5.82 Å². The molecule has 21 heavy (non-hydrogen) atoms. The minimum atomic E-state index is -0.283. The zero-order chi connectivity index (χ0) is 14.8. The summed E-state index contributed by atoms with van der Waals surface area (Å²) in [5.74, 6) is 0.284. The van der Waals surface area contributed by atoms with E-state index in [0.717, 1.165) is 9.86 Å². The number of hydrogen-bond donors (Lipinski definition) is 2. The molecule has 1 heterocycles. The number of benzene rings is 2. The normalized spacial score (nSPS) is 10.8. The molecule has 106 valence electrons. The Morgan fingerprint density at radius 3 is 2.81 bits per heavy atom. The van der Waals surface area contributed by atoms with E-state index in [-0.39, 0.29) is 11.4 Å². The van der Waals surface area contributed by atoms with Crippen molar-refractivity contribution in [3.63, 3.8) is 0 Å². The van der Waals surface area contributed by atoms with Gasteiger partial charge in [0.25, 0.3) is 5.56 Å². The quantitative estimate of drug-likeness (QED) is 0.751. The van der Waals surface area contributed by atoms with Crippen molar-refractivity contribution in [2.24, 2.45) is 0 Å². The molecule has 0 saturated carbocycles. The summed E-state index contributed by atoms with van der Waals surface area (Å²) >= 11 is 3.31. The lowest BCUT2D eigenvalue weighted by Gasteiger charge is -2.09. The van der Waals surface area contributed by atoms with Gasteiger partial charge < -0.3 is 10.3 Å². The van der Waals surface area contributed by atoms with Crippen LogP contribution >= 0.6 is 15.9 Å². The van der Waals surface area contributed by atoms with E-state index in [4.69, 9.17) is 0 Å². The van der Waals surface area contributed by atoms with Gasteiger partial charge in [-0.1, -0.05) is 34.1 Å². The van der Waals surface area contributed by atoms with Gasteiger partial charge in [-0.3, -0.25) is 4.79 Å². The number of aromatic amines is 1. The summed E-state index contributed by atoms with van der Waals surface area (Å²) in [5, 5.41) is 4.53. The predicted octanol–water partition coefficient (Wildman–Crippen LogP) is 4.04. The fourth-order valence-electron chi connectivity index (χ4n) is 2.18. The van der Waals surface area contributed by atoms with Crippen molar-refractivity contribution in [1.82, 2.24) is 4.98 Å². The van der Waals surface area contributed by atoms with Crippen molar-refractivity contribution in [2.75, 3.05) is 5.32 Å². The van der Waals surface area contributed by atoms with Crippen molar-refractivity contribution < 1.29 is 4.39 Å². The van der Waals surface area contributed by atoms with Crippen LogP contribution in [0.4, 0.5) is 10.2 Å². The second kappa shape index (κ2) is 5.69. The Morgan fingerprint density at radius 1 is 1.14 bits per heavy atom. The first kappa shape index (κ1) is 13.8. The molecule has 0 atom stereocenters. The Morgan fingerprint density at radius 2 is 1.95 bits per heavy atom. The van der Waals surface area contributed by atoms with Gasteiger partial charge in [0.2, 0.25) is 0 Å². The summed E-state index contributed by atoms with van der Waals surface area (Å²) in [6, 6.07) is 13.9. The van der Waals surface area contributed by atoms with Gasteiger partial charge in [-0.05, 0) is 35.7 Å². The van der Waals surface area contributed by atoms with E-state index in [1.54, 1.807) is 18.2 Å². The van der Waals surface area contributed by atoms with E-state index < -0.39 is 0 Å². The summed E-state index contributed by atoms with van der Waals surface area (Å²) in [7, 11) is 0. The first-order chi connectivity index (χ1) is 10.1. The number of aromatic nitrogens is 1. The van der Waals surface area contributed by atoms with Gasteiger partial charge in [-0.25, -0.2) is 4.39 Å². The molecule has 0 unspecified atom stereocenters. The fourth-order valence-corrected chi connectivity index (χ4v) is 2.58. The van der Waals surface area contributed by atoms with Crippen LogP contribution in [-0.2, 0) is 6.54 Å². The van der Waals surface area contributed by atoms with Gasteiger partial charge in [0, 0.05) is 22.0 Å². The minimum absolute atomic E-state index is 0.162. The SMILES string of the molecule is O=c1[nH]c(NCc2cc(Br)ccc2F)cc2ccccc12. The van der Waals surface area contributed by atoms with E-state index in [1.165, 1.54) is 6.07 Å². The number of pyridine rings is 1. The molecule has 2 aromatic carbocycles. The molecule has 0 spiro atoms. The molecule has 0 fully saturated rings. The highest BCUT2D eigenvalue weighted by Gasteiger charge is 2.05. The summed E-state index contributed by atoms with van der Waals surface area (Å²) in [6.45, 7) is 0.291. The van der Waals surface area contributed by atoms with Gasteiger partial charge in [0.15, 0.2) is 0 Å². The molecule has 3 nitrogen and oxygen atoms in total. The van der Waals surface area contributed by atoms with Gasteiger partial charge in [-0.2, -0.15) is 0 Å². The summed E-state index contributed by atoms with van der Waals surface area (Å²) < 4.78 is 14.5. The smallest absolute Gasteiger partial charge is 0.257 e. The predicted molar refractivity (Wildman–Crippen MR) is 86.0 cm³/mol. The van der Waals surface area contributed by atoms with Crippen molar-refractivity contribution in [3.8, 4) is 0 Å². The van der Waals surface area contributed by atoms with Crippen LogP contribution in [0.25, 0.3) is 10.8 Å². The van der Waals surface area contributed by atoms with E-state index in [1.807, 2.05) is 24.3 Å². The largest absolute Gasteiger partial charge is 0.367 e. The highest BCUT2D eigenvalue weighted by Crippen LogP contribution is 2.17. The number of H-pyrrole nitrogens is 1. The summed E-state index contributed by atoms with van der Waals surface area (Å²) in [5.41, 5.74) is 0.365. The van der Waals surface area contributed by atoms with Gasteiger partial charge in [-0.15, -0.1) is 0 Å². The van der Waals surface area contributed by atoms with Crippen molar-refractivity contribution in [2.45, 2.75) is 6.54 Å². The minimum Gasteiger partial charge on any atom is -0.367 e. The standard InChI is InChI=1S/C16H12BrFN2O/c17-12-5-6-14(18)11(7-12)9-19-15-8-10-3-1-2-4-13(10)16(21)20-15/h1-8H,9H2,(H2,19,20,21). The summed E-state index contributed by atoms with van der Waals surface area (Å²) in [6.07, 6.45) is 0. The van der Waals surface area contributed by atoms with Crippen LogP contribution in [0.3, 0.4) is 0 Å². The van der Waals surface area contributed by atoms with E-state index in [2.05, 4.69) is 26.2 Å². The van der Waals surface area contributed by atoms with Gasteiger partial charge in [0.1, 0.15) is 11.6 Å². The van der Waals surface area contributed by atoms with Crippen LogP contribution in [0.15, 0.2) is 57.8 Å². The van der Waals surface area contributed by atoms with Crippen molar-refractivity contribution in [1.29, 1.82) is 0 Å². The number of fused-ring (bicyclic) bond motifs is 1. The maximum atomic E-state index is 13.7. The third kappa shape index (κ3) is 2.97. The molecule has 2 N–H and O–H groups in total. The number of halogens is 2. The number of nitrogens with one attached hydrogen (secondary N) is 2. The molecule has 3 aromatic rings. The maximum absolute atomic E-state index is 13.7. The van der Waals surface area contributed by atoms with E-state index >= 15 is 0 Å². The van der Waals surface area contributed by atoms with Crippen LogP contribution in [0.1, 0.15) is 5.56 Å². The van der Waals surface area contributed by atoms with Crippen LogP contribution in [0.2, 0.25) is 0 Å². The van der Waals surface area contributed by atoms with Crippen LogP contribution in [0.5, 0.6) is 0 Å². The molecule has 0 amide bonds.